The molecule has 1 N–H and O–H groups in total. The Morgan fingerprint density at radius 2 is 2.07 bits per heavy atom. The van der Waals surface area contributed by atoms with E-state index in [1.165, 1.54) is 17.0 Å². The minimum atomic E-state index is -1.03. The Morgan fingerprint density at radius 3 is 2.76 bits per heavy atom. The number of nitrogens with zero attached hydrogens (tertiary/aromatic N) is 3. The summed E-state index contributed by atoms with van der Waals surface area (Å²) in [5.41, 5.74) is 0.809. The molecule has 1 unspecified atom stereocenters. The molecular formula is C19H15BrClF2N3O3. The third kappa shape index (κ3) is 3.94. The second-order valence-electron chi connectivity index (χ2n) is 6.65. The maximum Gasteiger partial charge on any atom is 0.407 e. The number of benzene rings is 1. The highest BCUT2D eigenvalue weighted by molar-refractivity contribution is 9.10. The smallest absolute Gasteiger partial charge is 0.407 e. The molecule has 3 heterocycles. The van der Waals surface area contributed by atoms with E-state index in [4.69, 9.17) is 16.3 Å². The Bertz CT molecular complexity index is 1080. The fraction of sp³-hybridized carbons (Fsp3) is 0.263. The van der Waals surface area contributed by atoms with Crippen LogP contribution in [-0.4, -0.2) is 51.3 Å². The first-order valence-electron chi connectivity index (χ1n) is 8.74. The fourth-order valence-corrected chi connectivity index (χ4v) is 4.02. The quantitative estimate of drug-likeness (QED) is 0.587. The van der Waals surface area contributed by atoms with Crippen LogP contribution in [0.3, 0.4) is 0 Å². The van der Waals surface area contributed by atoms with Gasteiger partial charge in [-0.05, 0) is 18.2 Å². The summed E-state index contributed by atoms with van der Waals surface area (Å²) in [5, 5.41) is 9.68. The molecule has 0 radical (unpaired) electrons. The highest BCUT2D eigenvalue weighted by atomic mass is 79.9. The zero-order valence-electron chi connectivity index (χ0n) is 14.9. The average molecular weight is 487 g/mol. The molecule has 10 heteroatoms. The SMILES string of the molecule is O=C(O)N1CCOC(Cc2c(-c3c(F)cc(Br)cc3F)nc3cc(Cl)ccn23)C1. The maximum absolute atomic E-state index is 14.7. The number of imidazole rings is 1. The number of aromatic nitrogens is 2. The number of fused-ring (bicyclic) bond motifs is 1. The molecule has 1 aliphatic heterocycles. The fourth-order valence-electron chi connectivity index (χ4n) is 3.47. The van der Waals surface area contributed by atoms with E-state index >= 15 is 0 Å². The van der Waals surface area contributed by atoms with Crippen molar-refractivity contribution in [1.29, 1.82) is 0 Å². The van der Waals surface area contributed by atoms with Crippen molar-refractivity contribution in [3.63, 3.8) is 0 Å². The van der Waals surface area contributed by atoms with E-state index < -0.39 is 23.8 Å². The van der Waals surface area contributed by atoms with Gasteiger partial charge in [-0.15, -0.1) is 0 Å². The number of hydrogen-bond donors (Lipinski definition) is 1. The zero-order chi connectivity index (χ0) is 20.7. The summed E-state index contributed by atoms with van der Waals surface area (Å²) in [6, 6.07) is 5.57. The molecule has 2 aromatic heterocycles. The molecule has 0 spiro atoms. The van der Waals surface area contributed by atoms with Crippen LogP contribution in [0.1, 0.15) is 5.69 Å². The summed E-state index contributed by atoms with van der Waals surface area (Å²) in [7, 11) is 0. The van der Waals surface area contributed by atoms with Crippen LogP contribution < -0.4 is 0 Å². The molecule has 1 amide bonds. The number of ether oxygens (including phenoxy) is 1. The molecule has 0 saturated carbocycles. The van der Waals surface area contributed by atoms with Crippen LogP contribution in [0.25, 0.3) is 16.9 Å². The van der Waals surface area contributed by atoms with Gasteiger partial charge < -0.3 is 19.1 Å². The van der Waals surface area contributed by atoms with Crippen LogP contribution in [0.2, 0.25) is 5.02 Å². The van der Waals surface area contributed by atoms with Crippen molar-refractivity contribution in [3.05, 3.63) is 57.3 Å². The molecule has 4 rings (SSSR count). The normalized spacial score (nSPS) is 17.1. The van der Waals surface area contributed by atoms with Gasteiger partial charge in [-0.3, -0.25) is 0 Å². The van der Waals surface area contributed by atoms with Crippen LogP contribution in [0, 0.1) is 11.6 Å². The van der Waals surface area contributed by atoms with Gasteiger partial charge >= 0.3 is 6.09 Å². The first kappa shape index (κ1) is 20.1. The molecule has 3 aromatic rings. The summed E-state index contributed by atoms with van der Waals surface area (Å²) in [6.07, 6.45) is 0.372. The lowest BCUT2D eigenvalue weighted by molar-refractivity contribution is -0.0214. The van der Waals surface area contributed by atoms with Crippen LogP contribution in [-0.2, 0) is 11.2 Å². The highest BCUT2D eigenvalue weighted by Gasteiger charge is 2.28. The van der Waals surface area contributed by atoms with Crippen molar-refractivity contribution in [1.82, 2.24) is 14.3 Å². The van der Waals surface area contributed by atoms with E-state index in [0.717, 1.165) is 0 Å². The molecular weight excluding hydrogens is 472 g/mol. The third-order valence-corrected chi connectivity index (χ3v) is 5.45. The van der Waals surface area contributed by atoms with Crippen molar-refractivity contribution in [2.75, 3.05) is 19.7 Å². The van der Waals surface area contributed by atoms with Gasteiger partial charge in [0.1, 0.15) is 17.3 Å². The van der Waals surface area contributed by atoms with E-state index in [9.17, 15) is 18.7 Å². The number of halogens is 4. The zero-order valence-corrected chi connectivity index (χ0v) is 17.3. The van der Waals surface area contributed by atoms with Crippen molar-refractivity contribution >= 4 is 39.3 Å². The predicted octanol–water partition coefficient (Wildman–Crippen LogP) is 4.62. The standard InChI is InChI=1S/C19H15BrClF2N3O3/c20-10-5-13(22)17(14(23)6-10)18-15(26-2-1-11(21)7-16(26)24-18)8-12-9-25(19(27)28)3-4-29-12/h1-2,5-7,12H,3-4,8-9H2,(H,27,28). The lowest BCUT2D eigenvalue weighted by Crippen LogP contribution is -2.45. The number of amides is 1. The number of pyridine rings is 1. The van der Waals surface area contributed by atoms with Crippen molar-refractivity contribution in [2.45, 2.75) is 12.5 Å². The third-order valence-electron chi connectivity index (χ3n) is 4.76. The van der Waals surface area contributed by atoms with Crippen molar-refractivity contribution in [2.24, 2.45) is 0 Å². The molecule has 1 fully saturated rings. The summed E-state index contributed by atoms with van der Waals surface area (Å²) in [5.74, 6) is -1.52. The Labute approximate surface area is 177 Å². The Balaban J connectivity index is 1.82. The molecule has 1 atom stereocenters. The summed E-state index contributed by atoms with van der Waals surface area (Å²) < 4.78 is 37.0. The molecule has 0 bridgehead atoms. The van der Waals surface area contributed by atoms with Gasteiger partial charge in [-0.1, -0.05) is 27.5 Å². The molecule has 6 nitrogen and oxygen atoms in total. The van der Waals surface area contributed by atoms with Gasteiger partial charge in [0.05, 0.1) is 36.2 Å². The molecule has 0 aliphatic carbocycles. The van der Waals surface area contributed by atoms with E-state index in [0.29, 0.717) is 16.4 Å². The molecule has 1 aliphatic rings. The molecule has 152 valence electrons. The lowest BCUT2D eigenvalue weighted by atomic mass is 10.0. The minimum absolute atomic E-state index is 0.130. The van der Waals surface area contributed by atoms with Gasteiger partial charge in [-0.25, -0.2) is 18.6 Å². The van der Waals surface area contributed by atoms with Gasteiger partial charge in [0.2, 0.25) is 0 Å². The van der Waals surface area contributed by atoms with Crippen LogP contribution in [0.4, 0.5) is 13.6 Å². The second kappa shape index (κ2) is 7.89. The summed E-state index contributed by atoms with van der Waals surface area (Å²) in [6.45, 7) is 0.675. The lowest BCUT2D eigenvalue weighted by Gasteiger charge is -2.31. The monoisotopic (exact) mass is 485 g/mol. The number of hydrogen-bond acceptors (Lipinski definition) is 3. The van der Waals surface area contributed by atoms with Gasteiger partial charge in [0.15, 0.2) is 0 Å². The predicted molar refractivity (Wildman–Crippen MR) is 106 cm³/mol. The number of carboxylic acid groups (broad SMARTS) is 1. The average Bonchev–Trinajstić information content (AvgIpc) is 2.98. The summed E-state index contributed by atoms with van der Waals surface area (Å²) >= 11 is 9.13. The van der Waals surface area contributed by atoms with Crippen molar-refractivity contribution in [3.8, 4) is 11.3 Å². The first-order valence-corrected chi connectivity index (χ1v) is 9.91. The topological polar surface area (TPSA) is 67.1 Å². The van der Waals surface area contributed by atoms with Gasteiger partial charge in [0.25, 0.3) is 0 Å². The maximum atomic E-state index is 14.7. The van der Waals surface area contributed by atoms with Crippen LogP contribution in [0.15, 0.2) is 34.9 Å². The molecule has 29 heavy (non-hydrogen) atoms. The van der Waals surface area contributed by atoms with Crippen molar-refractivity contribution < 1.29 is 23.4 Å². The largest absolute Gasteiger partial charge is 0.465 e. The van der Waals surface area contributed by atoms with Gasteiger partial charge in [0, 0.05) is 34.7 Å². The highest BCUT2D eigenvalue weighted by Crippen LogP contribution is 2.33. The van der Waals surface area contributed by atoms with E-state index in [-0.39, 0.29) is 41.8 Å². The van der Waals surface area contributed by atoms with E-state index in [1.54, 1.807) is 22.7 Å². The minimum Gasteiger partial charge on any atom is -0.465 e. The number of carbonyl (C=O) groups is 1. The van der Waals surface area contributed by atoms with Crippen LogP contribution in [0.5, 0.6) is 0 Å². The summed E-state index contributed by atoms with van der Waals surface area (Å²) in [4.78, 5) is 17.0. The van der Waals surface area contributed by atoms with E-state index in [1.807, 2.05) is 0 Å². The number of rotatable bonds is 3. The molecule has 1 saturated heterocycles. The van der Waals surface area contributed by atoms with E-state index in [2.05, 4.69) is 20.9 Å². The molecule has 1 aromatic carbocycles. The number of morpholine rings is 1. The Kier molecular flexibility index (Phi) is 5.46. The Hall–Kier alpha value is -2.23. The first-order chi connectivity index (χ1) is 13.8. The second-order valence-corrected chi connectivity index (χ2v) is 8.00. The van der Waals surface area contributed by atoms with Crippen LogP contribution >= 0.6 is 27.5 Å². The Morgan fingerprint density at radius 1 is 1.34 bits per heavy atom. The van der Waals surface area contributed by atoms with Gasteiger partial charge in [-0.2, -0.15) is 0 Å².